The van der Waals surface area contributed by atoms with E-state index in [0.29, 0.717) is 17.1 Å². The average Bonchev–Trinajstić information content (AvgIpc) is 2.95. The minimum atomic E-state index is -0.882. The molecule has 1 unspecified atom stereocenters. The number of carbonyl (C=O) groups is 1. The Labute approximate surface area is 148 Å². The SMILES string of the molecule is COC(CN)CC(=O)Nc1ncc(Cc2ccc(F)c(F)c2)s1.Cl. The maximum Gasteiger partial charge on any atom is 0.228 e. The van der Waals surface area contributed by atoms with E-state index in [2.05, 4.69) is 10.3 Å². The molecule has 5 nitrogen and oxygen atoms in total. The first-order chi connectivity index (χ1) is 11.0. The zero-order valence-corrected chi connectivity index (χ0v) is 14.6. The molecule has 24 heavy (non-hydrogen) atoms. The zero-order chi connectivity index (χ0) is 16.8. The number of amides is 1. The van der Waals surface area contributed by atoms with Crippen molar-refractivity contribution < 1.29 is 18.3 Å². The molecular weight excluding hydrogens is 360 g/mol. The van der Waals surface area contributed by atoms with Crippen molar-refractivity contribution in [2.24, 2.45) is 5.73 Å². The van der Waals surface area contributed by atoms with Crippen molar-refractivity contribution in [3.8, 4) is 0 Å². The lowest BCUT2D eigenvalue weighted by Crippen LogP contribution is -2.28. The molecule has 132 valence electrons. The van der Waals surface area contributed by atoms with E-state index >= 15 is 0 Å². The van der Waals surface area contributed by atoms with Gasteiger partial charge in [0.25, 0.3) is 0 Å². The van der Waals surface area contributed by atoms with Crippen molar-refractivity contribution in [3.63, 3.8) is 0 Å². The molecule has 0 radical (unpaired) electrons. The summed E-state index contributed by atoms with van der Waals surface area (Å²) >= 11 is 1.28. The highest BCUT2D eigenvalue weighted by Gasteiger charge is 2.13. The molecule has 0 aliphatic rings. The predicted octanol–water partition coefficient (Wildman–Crippen LogP) is 2.74. The quantitative estimate of drug-likeness (QED) is 0.777. The molecular formula is C15H18ClF2N3O2S. The molecule has 0 bridgehead atoms. The highest BCUT2D eigenvalue weighted by atomic mass is 35.5. The summed E-state index contributed by atoms with van der Waals surface area (Å²) in [5.74, 6) is -2.00. The Bertz CT molecular complexity index is 680. The van der Waals surface area contributed by atoms with Crippen LogP contribution < -0.4 is 11.1 Å². The van der Waals surface area contributed by atoms with E-state index in [0.717, 1.165) is 17.0 Å². The van der Waals surface area contributed by atoms with E-state index in [9.17, 15) is 13.6 Å². The van der Waals surface area contributed by atoms with Gasteiger partial charge in [-0.3, -0.25) is 4.79 Å². The minimum absolute atomic E-state index is 0. The van der Waals surface area contributed by atoms with Crippen molar-refractivity contribution in [1.82, 2.24) is 4.98 Å². The third kappa shape index (κ3) is 5.79. The van der Waals surface area contributed by atoms with Crippen LogP contribution >= 0.6 is 23.7 Å². The molecule has 0 aliphatic carbocycles. The van der Waals surface area contributed by atoms with Crippen LogP contribution in [0.4, 0.5) is 13.9 Å². The highest BCUT2D eigenvalue weighted by molar-refractivity contribution is 7.15. The molecule has 0 spiro atoms. The highest BCUT2D eigenvalue weighted by Crippen LogP contribution is 2.22. The smallest absolute Gasteiger partial charge is 0.228 e. The zero-order valence-electron chi connectivity index (χ0n) is 12.9. The van der Waals surface area contributed by atoms with E-state index in [1.807, 2.05) is 0 Å². The molecule has 0 saturated carbocycles. The van der Waals surface area contributed by atoms with Gasteiger partial charge < -0.3 is 15.8 Å². The summed E-state index contributed by atoms with van der Waals surface area (Å²) in [7, 11) is 1.49. The second-order valence-corrected chi connectivity index (χ2v) is 6.02. The number of ether oxygens (including phenoxy) is 1. The second-order valence-electron chi connectivity index (χ2n) is 4.90. The van der Waals surface area contributed by atoms with Crippen LogP contribution in [0.25, 0.3) is 0 Å². The Kier molecular flexibility index (Phi) is 8.20. The lowest BCUT2D eigenvalue weighted by molar-refractivity contribution is -0.118. The van der Waals surface area contributed by atoms with E-state index in [1.165, 1.54) is 24.5 Å². The fourth-order valence-electron chi connectivity index (χ4n) is 1.94. The molecule has 0 fully saturated rings. The van der Waals surface area contributed by atoms with Gasteiger partial charge in [0.2, 0.25) is 5.91 Å². The van der Waals surface area contributed by atoms with Crippen LogP contribution in [-0.2, 0) is 16.0 Å². The molecule has 1 aromatic carbocycles. The van der Waals surface area contributed by atoms with Gasteiger partial charge in [-0.15, -0.1) is 23.7 Å². The van der Waals surface area contributed by atoms with Crippen LogP contribution in [0.5, 0.6) is 0 Å². The number of halogens is 3. The van der Waals surface area contributed by atoms with Crippen molar-refractivity contribution in [2.45, 2.75) is 18.9 Å². The number of nitrogens with zero attached hydrogens (tertiary/aromatic N) is 1. The standard InChI is InChI=1S/C15H17F2N3O2S.ClH/c1-22-10(7-18)6-14(21)20-15-19-8-11(23-15)4-9-2-3-12(16)13(17)5-9;/h2-3,5,8,10H,4,6-7,18H2,1H3,(H,19,20,21);1H. The van der Waals surface area contributed by atoms with Gasteiger partial charge in [-0.25, -0.2) is 13.8 Å². The first kappa shape index (κ1) is 20.4. The van der Waals surface area contributed by atoms with Crippen molar-refractivity contribution in [1.29, 1.82) is 0 Å². The van der Waals surface area contributed by atoms with Crippen LogP contribution in [0.3, 0.4) is 0 Å². The topological polar surface area (TPSA) is 77.2 Å². The van der Waals surface area contributed by atoms with Gasteiger partial charge >= 0.3 is 0 Å². The third-order valence-electron chi connectivity index (χ3n) is 3.17. The number of nitrogens with two attached hydrogens (primary N) is 1. The maximum atomic E-state index is 13.2. The van der Waals surface area contributed by atoms with Gasteiger partial charge in [0.15, 0.2) is 16.8 Å². The summed E-state index contributed by atoms with van der Waals surface area (Å²) in [5, 5.41) is 3.11. The summed E-state index contributed by atoms with van der Waals surface area (Å²) in [6.07, 6.45) is 1.81. The van der Waals surface area contributed by atoms with E-state index in [-0.39, 0.29) is 37.4 Å². The Morgan fingerprint density at radius 2 is 2.17 bits per heavy atom. The van der Waals surface area contributed by atoms with Crippen molar-refractivity contribution in [3.05, 3.63) is 46.5 Å². The minimum Gasteiger partial charge on any atom is -0.380 e. The third-order valence-corrected chi connectivity index (χ3v) is 4.08. The number of thiazole rings is 1. The molecule has 1 atom stereocenters. The monoisotopic (exact) mass is 377 g/mol. The summed E-state index contributed by atoms with van der Waals surface area (Å²) in [4.78, 5) is 16.7. The van der Waals surface area contributed by atoms with E-state index < -0.39 is 11.6 Å². The molecule has 9 heteroatoms. The molecule has 2 rings (SSSR count). The average molecular weight is 378 g/mol. The van der Waals surface area contributed by atoms with Gasteiger partial charge in [-0.1, -0.05) is 6.07 Å². The lowest BCUT2D eigenvalue weighted by atomic mass is 10.1. The molecule has 1 aromatic heterocycles. The number of rotatable bonds is 7. The number of nitrogens with one attached hydrogen (secondary N) is 1. The Morgan fingerprint density at radius 1 is 1.42 bits per heavy atom. The first-order valence-corrected chi connectivity index (χ1v) is 7.74. The molecule has 2 aromatic rings. The maximum absolute atomic E-state index is 13.2. The Balaban J connectivity index is 0.00000288. The number of benzene rings is 1. The van der Waals surface area contributed by atoms with Crippen LogP contribution in [0.2, 0.25) is 0 Å². The van der Waals surface area contributed by atoms with Crippen LogP contribution in [0, 0.1) is 11.6 Å². The fraction of sp³-hybridized carbons (Fsp3) is 0.333. The van der Waals surface area contributed by atoms with Crippen molar-refractivity contribution >= 4 is 34.8 Å². The number of aromatic nitrogens is 1. The van der Waals surface area contributed by atoms with Crippen LogP contribution in [-0.4, -0.2) is 30.6 Å². The van der Waals surface area contributed by atoms with Gasteiger partial charge in [-0.05, 0) is 17.7 Å². The lowest BCUT2D eigenvalue weighted by Gasteiger charge is -2.11. The van der Waals surface area contributed by atoms with Crippen molar-refractivity contribution in [2.75, 3.05) is 19.0 Å². The Morgan fingerprint density at radius 3 is 2.79 bits per heavy atom. The number of anilines is 1. The van der Waals surface area contributed by atoms with E-state index in [1.54, 1.807) is 6.20 Å². The van der Waals surface area contributed by atoms with Gasteiger partial charge in [0.05, 0.1) is 12.5 Å². The van der Waals surface area contributed by atoms with E-state index in [4.69, 9.17) is 10.5 Å². The number of methoxy groups -OCH3 is 1. The summed E-state index contributed by atoms with van der Waals surface area (Å²) in [6, 6.07) is 3.75. The second kappa shape index (κ2) is 9.63. The molecule has 1 heterocycles. The number of hydrogen-bond donors (Lipinski definition) is 2. The molecule has 3 N–H and O–H groups in total. The van der Waals surface area contributed by atoms with Crippen LogP contribution in [0.15, 0.2) is 24.4 Å². The summed E-state index contributed by atoms with van der Waals surface area (Å²) in [5.41, 5.74) is 6.09. The summed E-state index contributed by atoms with van der Waals surface area (Å²) in [6.45, 7) is 0.253. The number of hydrogen-bond acceptors (Lipinski definition) is 5. The summed E-state index contributed by atoms with van der Waals surface area (Å²) < 4.78 is 31.1. The largest absolute Gasteiger partial charge is 0.380 e. The fourth-order valence-corrected chi connectivity index (χ4v) is 2.80. The molecule has 0 aliphatic heterocycles. The van der Waals surface area contributed by atoms with Gasteiger partial charge in [0, 0.05) is 31.1 Å². The first-order valence-electron chi connectivity index (χ1n) is 6.93. The normalized spacial score (nSPS) is 11.7. The van der Waals surface area contributed by atoms with Gasteiger partial charge in [0.1, 0.15) is 0 Å². The predicted molar refractivity (Wildman–Crippen MR) is 91.6 cm³/mol. The number of carbonyl (C=O) groups excluding carboxylic acids is 1. The van der Waals surface area contributed by atoms with Gasteiger partial charge in [-0.2, -0.15) is 0 Å². The molecule has 1 amide bonds. The Hall–Kier alpha value is -1.61. The molecule has 0 saturated heterocycles. The van der Waals surface area contributed by atoms with Crippen LogP contribution in [0.1, 0.15) is 16.9 Å².